The molecule has 1 saturated carbocycles. The number of anilines is 2. The number of benzene rings is 1. The van der Waals surface area contributed by atoms with Crippen molar-refractivity contribution in [3.63, 3.8) is 0 Å². The molecular formula is C28H43N5O3Si. The first-order chi connectivity index (χ1) is 17.3. The van der Waals surface area contributed by atoms with Gasteiger partial charge in [-0.1, -0.05) is 45.0 Å². The molecule has 0 spiro atoms. The molecule has 3 aliphatic rings. The monoisotopic (exact) mass is 525 g/mol. The van der Waals surface area contributed by atoms with E-state index in [2.05, 4.69) is 73.0 Å². The van der Waals surface area contributed by atoms with Crippen LogP contribution in [0.25, 0.3) is 0 Å². The number of aryl methyl sites for hydroxylation is 2. The van der Waals surface area contributed by atoms with Crippen LogP contribution in [0.3, 0.4) is 0 Å². The maximum Gasteiger partial charge on any atom is 0.231 e. The fourth-order valence-electron chi connectivity index (χ4n) is 5.97. The Morgan fingerprint density at radius 3 is 2.51 bits per heavy atom. The normalized spacial score (nSPS) is 28.8. The molecule has 2 aliphatic carbocycles. The lowest BCUT2D eigenvalue weighted by atomic mass is 10.0. The van der Waals surface area contributed by atoms with Crippen LogP contribution < -0.4 is 10.6 Å². The van der Waals surface area contributed by atoms with Gasteiger partial charge in [-0.25, -0.2) is 0 Å². The summed E-state index contributed by atoms with van der Waals surface area (Å²) in [6.45, 7) is 18.0. The molecule has 0 amide bonds. The minimum absolute atomic E-state index is 0.0251. The SMILES string of the molecule is Cc1nc(N)nc(N([C@@H]2C[C@@H](CO[Si](C)(C)C(C)(C)C)[C@H]3OC(C)(C)O[C@H]32)[C@H]2CCc3ccccc32)n1. The van der Waals surface area contributed by atoms with Crippen LogP contribution in [0.4, 0.5) is 11.9 Å². The maximum atomic E-state index is 6.73. The average molecular weight is 526 g/mol. The van der Waals surface area contributed by atoms with Crippen LogP contribution in [-0.4, -0.2) is 53.9 Å². The Morgan fingerprint density at radius 1 is 1.11 bits per heavy atom. The summed E-state index contributed by atoms with van der Waals surface area (Å²) in [4.78, 5) is 16.1. The first kappa shape index (κ1) is 26.5. The Hall–Kier alpha value is -2.07. The summed E-state index contributed by atoms with van der Waals surface area (Å²) in [5.74, 6) is 1.04. The van der Waals surface area contributed by atoms with Gasteiger partial charge < -0.3 is 24.5 Å². The van der Waals surface area contributed by atoms with Crippen LogP contribution in [-0.2, 0) is 20.3 Å². The van der Waals surface area contributed by atoms with E-state index in [1.54, 1.807) is 0 Å². The number of ether oxygens (including phenoxy) is 2. The summed E-state index contributed by atoms with van der Waals surface area (Å²) in [7, 11) is -1.91. The van der Waals surface area contributed by atoms with Gasteiger partial charge in [-0.3, -0.25) is 0 Å². The molecule has 1 aromatic carbocycles. The molecular weight excluding hydrogens is 482 g/mol. The van der Waals surface area contributed by atoms with E-state index >= 15 is 0 Å². The molecule has 2 heterocycles. The van der Waals surface area contributed by atoms with Crippen LogP contribution in [0.1, 0.15) is 70.5 Å². The zero-order chi connectivity index (χ0) is 26.8. The lowest BCUT2D eigenvalue weighted by Crippen LogP contribution is -2.46. The number of hydrogen-bond donors (Lipinski definition) is 1. The Kier molecular flexibility index (Phi) is 6.66. The highest BCUT2D eigenvalue weighted by molar-refractivity contribution is 6.74. The zero-order valence-electron chi connectivity index (χ0n) is 23.6. The smallest absolute Gasteiger partial charge is 0.231 e. The molecule has 2 N–H and O–H groups in total. The van der Waals surface area contributed by atoms with Crippen LogP contribution in [0.2, 0.25) is 18.1 Å². The quantitative estimate of drug-likeness (QED) is 0.515. The molecule has 2 aromatic rings. The number of nitrogens with two attached hydrogens (primary N) is 1. The van der Waals surface area contributed by atoms with Gasteiger partial charge in [0.05, 0.1) is 18.2 Å². The molecule has 202 valence electrons. The summed E-state index contributed by atoms with van der Waals surface area (Å²) in [5.41, 5.74) is 8.85. The summed E-state index contributed by atoms with van der Waals surface area (Å²) in [6.07, 6.45) is 2.73. The van der Waals surface area contributed by atoms with Crippen molar-refractivity contribution in [2.45, 2.75) is 109 Å². The van der Waals surface area contributed by atoms with E-state index < -0.39 is 14.1 Å². The summed E-state index contributed by atoms with van der Waals surface area (Å²) >= 11 is 0. The molecule has 0 bridgehead atoms. The van der Waals surface area contributed by atoms with Crippen molar-refractivity contribution in [3.05, 3.63) is 41.2 Å². The number of aromatic nitrogens is 3. The molecule has 37 heavy (non-hydrogen) atoms. The van der Waals surface area contributed by atoms with E-state index in [-0.39, 0.29) is 41.2 Å². The van der Waals surface area contributed by atoms with Crippen LogP contribution in [0.15, 0.2) is 24.3 Å². The van der Waals surface area contributed by atoms with Gasteiger partial charge in [0.25, 0.3) is 0 Å². The molecule has 2 fully saturated rings. The van der Waals surface area contributed by atoms with Crippen molar-refractivity contribution in [1.29, 1.82) is 0 Å². The largest absolute Gasteiger partial charge is 0.416 e. The molecule has 1 aromatic heterocycles. The summed E-state index contributed by atoms with van der Waals surface area (Å²) in [6, 6.07) is 8.86. The van der Waals surface area contributed by atoms with Gasteiger partial charge in [0, 0.05) is 12.5 Å². The molecule has 0 unspecified atom stereocenters. The maximum absolute atomic E-state index is 6.73. The highest BCUT2D eigenvalue weighted by Crippen LogP contribution is 2.49. The van der Waals surface area contributed by atoms with Crippen LogP contribution in [0, 0.1) is 12.8 Å². The second kappa shape index (κ2) is 9.29. The zero-order valence-corrected chi connectivity index (χ0v) is 24.6. The summed E-state index contributed by atoms with van der Waals surface area (Å²) in [5, 5.41) is 0.149. The molecule has 1 saturated heterocycles. The predicted octanol–water partition coefficient (Wildman–Crippen LogP) is 5.19. The Bertz CT molecular complexity index is 1130. The van der Waals surface area contributed by atoms with Crippen molar-refractivity contribution in [2.24, 2.45) is 5.92 Å². The topological polar surface area (TPSA) is 95.6 Å². The lowest BCUT2D eigenvalue weighted by molar-refractivity contribution is -0.159. The van der Waals surface area contributed by atoms with E-state index in [9.17, 15) is 0 Å². The Morgan fingerprint density at radius 2 is 1.81 bits per heavy atom. The second-order valence-electron chi connectivity index (χ2n) is 12.9. The standard InChI is InChI=1S/C28H43N5O3Si/c1-17-30-25(29)32-26(31-17)33(21-14-13-18-11-9-10-12-20(18)21)22-15-19(16-34-37(7,8)27(2,3)4)23-24(22)36-28(5,6)35-23/h9-12,19,21-24H,13-16H2,1-8H3,(H2,29,30,31,32)/t19-,21-,22+,23+,24-/m0/s1. The lowest BCUT2D eigenvalue weighted by Gasteiger charge is -2.38. The van der Waals surface area contributed by atoms with Crippen molar-refractivity contribution < 1.29 is 13.9 Å². The van der Waals surface area contributed by atoms with E-state index in [0.717, 1.165) is 19.3 Å². The minimum Gasteiger partial charge on any atom is -0.416 e. The highest BCUT2D eigenvalue weighted by Gasteiger charge is 2.57. The average Bonchev–Trinajstić information content (AvgIpc) is 3.43. The predicted molar refractivity (Wildman–Crippen MR) is 148 cm³/mol. The van der Waals surface area contributed by atoms with Gasteiger partial charge in [-0.15, -0.1) is 0 Å². The van der Waals surface area contributed by atoms with E-state index in [4.69, 9.17) is 24.6 Å². The molecule has 5 atom stereocenters. The van der Waals surface area contributed by atoms with E-state index in [1.807, 2.05) is 20.8 Å². The minimum atomic E-state index is -1.91. The number of nitrogen functional groups attached to an aromatic ring is 1. The second-order valence-corrected chi connectivity index (χ2v) is 17.7. The number of hydrogen-bond acceptors (Lipinski definition) is 8. The molecule has 9 heteroatoms. The fraction of sp³-hybridized carbons (Fsp3) is 0.679. The highest BCUT2D eigenvalue weighted by atomic mass is 28.4. The first-order valence-corrected chi connectivity index (χ1v) is 16.5. The van der Waals surface area contributed by atoms with Gasteiger partial charge in [-0.2, -0.15) is 15.0 Å². The van der Waals surface area contributed by atoms with Gasteiger partial charge in [0.1, 0.15) is 11.9 Å². The third kappa shape index (κ3) is 5.03. The van der Waals surface area contributed by atoms with Crippen molar-refractivity contribution in [2.75, 3.05) is 17.2 Å². The van der Waals surface area contributed by atoms with Crippen molar-refractivity contribution >= 4 is 20.2 Å². The van der Waals surface area contributed by atoms with Crippen LogP contribution >= 0.6 is 0 Å². The number of nitrogens with zero attached hydrogens (tertiary/aromatic N) is 4. The van der Waals surface area contributed by atoms with Gasteiger partial charge in [0.15, 0.2) is 14.1 Å². The van der Waals surface area contributed by atoms with E-state index in [1.165, 1.54) is 11.1 Å². The van der Waals surface area contributed by atoms with Crippen molar-refractivity contribution in [1.82, 2.24) is 15.0 Å². The fourth-order valence-corrected chi connectivity index (χ4v) is 7.03. The van der Waals surface area contributed by atoms with E-state index in [0.29, 0.717) is 18.4 Å². The third-order valence-corrected chi connectivity index (χ3v) is 13.3. The molecule has 5 rings (SSSR count). The van der Waals surface area contributed by atoms with Crippen molar-refractivity contribution in [3.8, 4) is 0 Å². The third-order valence-electron chi connectivity index (χ3n) is 8.79. The van der Waals surface area contributed by atoms with Gasteiger partial charge in [0.2, 0.25) is 11.9 Å². The first-order valence-electron chi connectivity index (χ1n) is 13.6. The molecule has 0 radical (unpaired) electrons. The van der Waals surface area contributed by atoms with Crippen LogP contribution in [0.5, 0.6) is 0 Å². The molecule has 8 nitrogen and oxygen atoms in total. The Balaban J connectivity index is 1.52. The number of rotatable bonds is 6. The Labute approximate surface area is 222 Å². The molecule has 1 aliphatic heterocycles. The summed E-state index contributed by atoms with van der Waals surface area (Å²) < 4.78 is 19.9. The number of fused-ring (bicyclic) bond motifs is 2. The van der Waals surface area contributed by atoms with Gasteiger partial charge >= 0.3 is 0 Å². The van der Waals surface area contributed by atoms with Gasteiger partial charge in [-0.05, 0) is 69.3 Å².